The molecule has 3 aromatic rings. The van der Waals surface area contributed by atoms with Crippen molar-refractivity contribution in [1.82, 2.24) is 15.1 Å². The normalized spacial score (nSPS) is 16.3. The molecule has 0 bridgehead atoms. The topological polar surface area (TPSA) is 145 Å². The number of nitrogens with one attached hydrogen (secondary N) is 2. The number of carbonyl (C=O) groups excluding carboxylic acids is 2. The number of carboxylic acids is 1. The summed E-state index contributed by atoms with van der Waals surface area (Å²) in [5.41, 5.74) is 2.79. The van der Waals surface area contributed by atoms with Gasteiger partial charge in [0, 0.05) is 37.9 Å². The van der Waals surface area contributed by atoms with Crippen molar-refractivity contribution in [2.45, 2.75) is 24.4 Å². The summed E-state index contributed by atoms with van der Waals surface area (Å²) in [6.45, 7) is 0.335. The Morgan fingerprint density at radius 2 is 1.66 bits per heavy atom. The Morgan fingerprint density at radius 1 is 1.06 bits per heavy atom. The molecule has 0 radical (unpaired) electrons. The number of likely N-dealkylation sites (tertiary alicyclic amines) is 1. The molecule has 10 nitrogen and oxygen atoms in total. The van der Waals surface area contributed by atoms with Gasteiger partial charge in [-0.25, -0.2) is 9.59 Å². The number of benzene rings is 2. The van der Waals surface area contributed by atoms with Crippen molar-refractivity contribution in [1.29, 1.82) is 0 Å². The first-order valence-corrected chi connectivity index (χ1v) is 11.3. The molecular weight excluding hydrogens is 452 g/mol. The van der Waals surface area contributed by atoms with Crippen molar-refractivity contribution >= 4 is 23.8 Å². The van der Waals surface area contributed by atoms with Crippen LogP contribution in [0.25, 0.3) is 11.1 Å². The van der Waals surface area contributed by atoms with Crippen molar-refractivity contribution in [2.75, 3.05) is 25.0 Å². The third-order valence-corrected chi connectivity index (χ3v) is 6.66. The zero-order valence-corrected chi connectivity index (χ0v) is 18.7. The first kappa shape index (κ1) is 22.6. The molecule has 2 heterocycles. The highest BCUT2D eigenvalue weighted by Crippen LogP contribution is 2.44. The average Bonchev–Trinajstić information content (AvgIpc) is 3.45. The van der Waals surface area contributed by atoms with Crippen molar-refractivity contribution in [3.05, 3.63) is 71.4 Å². The van der Waals surface area contributed by atoms with E-state index in [0.717, 1.165) is 22.3 Å². The number of anilines is 1. The molecule has 1 fully saturated rings. The lowest BCUT2D eigenvalue weighted by atomic mass is 9.91. The standard InChI is InChI=1S/C25H24N4O6/c30-22(29-11-9-25(34,10-12-29)23(31)32)20-13-21(28-27-20)26-24(33)35-14-19-17-7-3-1-5-15(17)16-6-2-4-8-18(16)19/h1-8,13,19,34H,9-12,14H2,(H,31,32)(H2,26,27,28,33). The number of aromatic nitrogens is 2. The number of ether oxygens (including phenoxy) is 1. The van der Waals surface area contributed by atoms with E-state index in [4.69, 9.17) is 9.84 Å². The van der Waals surface area contributed by atoms with Crippen LogP contribution in [0.5, 0.6) is 0 Å². The van der Waals surface area contributed by atoms with E-state index < -0.39 is 23.6 Å². The van der Waals surface area contributed by atoms with Crippen molar-refractivity contribution in [2.24, 2.45) is 0 Å². The minimum absolute atomic E-state index is 0.0624. The van der Waals surface area contributed by atoms with Gasteiger partial charge in [0.15, 0.2) is 11.4 Å². The Labute approximate surface area is 200 Å². The molecule has 4 N–H and O–H groups in total. The fraction of sp³-hybridized carbons (Fsp3) is 0.280. The predicted molar refractivity (Wildman–Crippen MR) is 125 cm³/mol. The largest absolute Gasteiger partial charge is 0.479 e. The van der Waals surface area contributed by atoms with Gasteiger partial charge in [0.2, 0.25) is 0 Å². The lowest BCUT2D eigenvalue weighted by molar-refractivity contribution is -0.162. The van der Waals surface area contributed by atoms with E-state index in [2.05, 4.69) is 27.6 Å². The number of carbonyl (C=O) groups is 3. The van der Waals surface area contributed by atoms with Gasteiger partial charge in [0.1, 0.15) is 12.3 Å². The lowest BCUT2D eigenvalue weighted by Gasteiger charge is -2.35. The van der Waals surface area contributed by atoms with Crippen LogP contribution in [-0.4, -0.2) is 68.6 Å². The Hall–Kier alpha value is -4.18. The molecular formula is C25H24N4O6. The molecule has 0 saturated carbocycles. The van der Waals surface area contributed by atoms with Gasteiger partial charge in [-0.3, -0.25) is 15.2 Å². The molecule has 1 saturated heterocycles. The number of rotatable bonds is 5. The summed E-state index contributed by atoms with van der Waals surface area (Å²) >= 11 is 0. The minimum Gasteiger partial charge on any atom is -0.479 e. The van der Waals surface area contributed by atoms with E-state index in [1.54, 1.807) is 0 Å². The molecule has 35 heavy (non-hydrogen) atoms. The van der Waals surface area contributed by atoms with Crippen LogP contribution >= 0.6 is 0 Å². The van der Waals surface area contributed by atoms with Gasteiger partial charge in [-0.15, -0.1) is 0 Å². The number of aliphatic hydroxyl groups is 1. The fourth-order valence-electron chi connectivity index (χ4n) is 4.70. The number of aromatic amines is 1. The molecule has 5 rings (SSSR count). The summed E-state index contributed by atoms with van der Waals surface area (Å²) in [6, 6.07) is 17.5. The fourth-order valence-corrected chi connectivity index (χ4v) is 4.70. The van der Waals surface area contributed by atoms with Gasteiger partial charge in [-0.2, -0.15) is 5.10 Å². The van der Waals surface area contributed by atoms with Gasteiger partial charge in [-0.05, 0) is 22.3 Å². The number of carboxylic acid groups (broad SMARTS) is 1. The van der Waals surface area contributed by atoms with Crippen LogP contribution < -0.4 is 5.32 Å². The number of nitrogens with zero attached hydrogens (tertiary/aromatic N) is 2. The smallest absolute Gasteiger partial charge is 0.412 e. The number of piperidine rings is 1. The molecule has 2 aromatic carbocycles. The average molecular weight is 476 g/mol. The maximum absolute atomic E-state index is 12.7. The Balaban J connectivity index is 1.18. The molecule has 0 spiro atoms. The molecule has 1 aliphatic heterocycles. The SMILES string of the molecule is O=C(Nc1cc(C(=O)N2CCC(O)(C(=O)O)CC2)[nH]n1)OCC1c2ccccc2-c2ccccc21. The second-order valence-corrected chi connectivity index (χ2v) is 8.75. The molecule has 2 aliphatic rings. The van der Waals surface area contributed by atoms with Gasteiger partial charge >= 0.3 is 12.1 Å². The molecule has 2 amide bonds. The van der Waals surface area contributed by atoms with E-state index in [1.807, 2.05) is 36.4 Å². The zero-order valence-electron chi connectivity index (χ0n) is 18.7. The van der Waals surface area contributed by atoms with Crippen LogP contribution in [-0.2, 0) is 9.53 Å². The van der Waals surface area contributed by atoms with E-state index in [1.165, 1.54) is 11.0 Å². The highest BCUT2D eigenvalue weighted by Gasteiger charge is 2.40. The number of H-pyrrole nitrogens is 1. The van der Waals surface area contributed by atoms with Gasteiger partial charge in [0.25, 0.3) is 5.91 Å². The van der Waals surface area contributed by atoms with Crippen molar-refractivity contribution < 1.29 is 29.3 Å². The number of hydrogen-bond donors (Lipinski definition) is 4. The molecule has 0 atom stereocenters. The monoisotopic (exact) mass is 476 g/mol. The van der Waals surface area contributed by atoms with E-state index >= 15 is 0 Å². The highest BCUT2D eigenvalue weighted by molar-refractivity contribution is 5.94. The van der Waals surface area contributed by atoms with Crippen molar-refractivity contribution in [3.8, 4) is 11.1 Å². The maximum atomic E-state index is 12.7. The highest BCUT2D eigenvalue weighted by atomic mass is 16.5. The third-order valence-electron chi connectivity index (χ3n) is 6.66. The molecule has 1 aromatic heterocycles. The van der Waals surface area contributed by atoms with Crippen LogP contribution in [0.3, 0.4) is 0 Å². The first-order valence-electron chi connectivity index (χ1n) is 11.3. The summed E-state index contributed by atoms with van der Waals surface area (Å²) in [4.78, 5) is 37.7. The van der Waals surface area contributed by atoms with Crippen LogP contribution in [0, 0.1) is 0 Å². The lowest BCUT2D eigenvalue weighted by Crippen LogP contribution is -2.50. The summed E-state index contributed by atoms with van der Waals surface area (Å²) in [6.07, 6.45) is -0.818. The number of hydrogen-bond acceptors (Lipinski definition) is 6. The zero-order chi connectivity index (χ0) is 24.6. The van der Waals surface area contributed by atoms with E-state index in [-0.39, 0.29) is 50.0 Å². The number of amides is 2. The summed E-state index contributed by atoms with van der Waals surface area (Å²) in [5, 5.41) is 28.2. The first-order chi connectivity index (χ1) is 16.9. The summed E-state index contributed by atoms with van der Waals surface area (Å²) in [5.74, 6) is -1.64. The molecule has 180 valence electrons. The Morgan fingerprint density at radius 3 is 2.26 bits per heavy atom. The van der Waals surface area contributed by atoms with E-state index in [0.29, 0.717) is 0 Å². The quantitative estimate of drug-likeness (QED) is 0.443. The number of aliphatic carboxylic acids is 1. The van der Waals surface area contributed by atoms with Crippen LogP contribution in [0.2, 0.25) is 0 Å². The third kappa shape index (κ3) is 4.24. The second-order valence-electron chi connectivity index (χ2n) is 8.75. The van der Waals surface area contributed by atoms with Crippen molar-refractivity contribution in [3.63, 3.8) is 0 Å². The predicted octanol–water partition coefficient (Wildman–Crippen LogP) is 2.82. The summed E-state index contributed by atoms with van der Waals surface area (Å²) in [7, 11) is 0. The second kappa shape index (κ2) is 8.88. The summed E-state index contributed by atoms with van der Waals surface area (Å²) < 4.78 is 5.49. The number of fused-ring (bicyclic) bond motifs is 3. The molecule has 10 heteroatoms. The Kier molecular flexibility index (Phi) is 5.73. The van der Waals surface area contributed by atoms with Gasteiger partial charge < -0.3 is 19.8 Å². The molecule has 0 unspecified atom stereocenters. The minimum atomic E-state index is -1.82. The van der Waals surface area contributed by atoms with E-state index in [9.17, 15) is 19.5 Å². The Bertz CT molecular complexity index is 1250. The molecule has 1 aliphatic carbocycles. The van der Waals surface area contributed by atoms with Crippen LogP contribution in [0.4, 0.5) is 10.6 Å². The van der Waals surface area contributed by atoms with Crippen LogP contribution in [0.1, 0.15) is 40.4 Å². The van der Waals surface area contributed by atoms with Crippen LogP contribution in [0.15, 0.2) is 54.6 Å². The van der Waals surface area contributed by atoms with Gasteiger partial charge in [-0.1, -0.05) is 48.5 Å². The maximum Gasteiger partial charge on any atom is 0.412 e. The van der Waals surface area contributed by atoms with Gasteiger partial charge in [0.05, 0.1) is 0 Å².